The number of ether oxygens (including phenoxy) is 1. The molecule has 0 spiro atoms. The van der Waals surface area contributed by atoms with Crippen LogP contribution in [0.2, 0.25) is 0 Å². The van der Waals surface area contributed by atoms with E-state index in [1.807, 2.05) is 19.1 Å². The molecule has 5 rings (SSSR count). The minimum absolute atomic E-state index is 0.726. The standard InChI is InChI=1S/C20H20N6O/c1-13-11-14-12-15(23-19-18-17(24-25-19)3-2-6-21-18)4-5-16(14)20(22-13)26-7-9-27-10-8-26/h2-6,11-12H,7-10H2,1H3,(H2,23,24,25). The number of morpholine rings is 1. The Labute approximate surface area is 156 Å². The van der Waals surface area contributed by atoms with Crippen LogP contribution in [0.5, 0.6) is 0 Å². The Balaban J connectivity index is 1.53. The van der Waals surface area contributed by atoms with Crippen LogP contribution in [0, 0.1) is 6.92 Å². The van der Waals surface area contributed by atoms with Gasteiger partial charge in [-0.15, -0.1) is 0 Å². The maximum Gasteiger partial charge on any atom is 0.178 e. The highest BCUT2D eigenvalue weighted by atomic mass is 16.5. The fraction of sp³-hybridized carbons (Fsp3) is 0.250. The van der Waals surface area contributed by atoms with Crippen LogP contribution in [0.4, 0.5) is 17.3 Å². The summed E-state index contributed by atoms with van der Waals surface area (Å²) in [5.74, 6) is 1.76. The molecule has 0 atom stereocenters. The molecule has 0 aliphatic carbocycles. The molecule has 1 aromatic carbocycles. The van der Waals surface area contributed by atoms with Crippen molar-refractivity contribution >= 4 is 39.1 Å². The number of aryl methyl sites for hydroxylation is 1. The largest absolute Gasteiger partial charge is 0.378 e. The first kappa shape index (κ1) is 16.0. The van der Waals surface area contributed by atoms with Crippen molar-refractivity contribution in [2.75, 3.05) is 36.5 Å². The van der Waals surface area contributed by atoms with Crippen molar-refractivity contribution < 1.29 is 4.74 Å². The van der Waals surface area contributed by atoms with Crippen molar-refractivity contribution in [1.29, 1.82) is 0 Å². The normalized spacial score (nSPS) is 14.8. The molecule has 4 aromatic rings. The summed E-state index contributed by atoms with van der Waals surface area (Å²) in [7, 11) is 0. The van der Waals surface area contributed by atoms with E-state index in [9.17, 15) is 0 Å². The van der Waals surface area contributed by atoms with Gasteiger partial charge in [-0.3, -0.25) is 10.1 Å². The van der Waals surface area contributed by atoms with E-state index in [0.29, 0.717) is 0 Å². The SMILES string of the molecule is Cc1cc2cc(Nc3n[nH]c4cccnc34)ccc2c(N2CCOCC2)n1. The third-order valence-electron chi connectivity index (χ3n) is 4.83. The molecule has 0 saturated carbocycles. The molecule has 0 radical (unpaired) electrons. The predicted octanol–water partition coefficient (Wildman–Crippen LogP) is 3.39. The van der Waals surface area contributed by atoms with Crippen molar-refractivity contribution in [3.8, 4) is 0 Å². The van der Waals surface area contributed by atoms with Gasteiger partial charge in [0.25, 0.3) is 0 Å². The Bertz CT molecular complexity index is 1120. The number of hydrogen-bond donors (Lipinski definition) is 2. The van der Waals surface area contributed by atoms with E-state index in [-0.39, 0.29) is 0 Å². The zero-order chi connectivity index (χ0) is 18.2. The quantitative estimate of drug-likeness (QED) is 0.583. The minimum Gasteiger partial charge on any atom is -0.378 e. The fourth-order valence-electron chi connectivity index (χ4n) is 3.54. The van der Waals surface area contributed by atoms with E-state index in [0.717, 1.165) is 71.1 Å². The monoisotopic (exact) mass is 360 g/mol. The van der Waals surface area contributed by atoms with E-state index in [1.165, 1.54) is 0 Å². The molecule has 3 aromatic heterocycles. The van der Waals surface area contributed by atoms with Gasteiger partial charge in [-0.2, -0.15) is 5.10 Å². The third-order valence-corrected chi connectivity index (χ3v) is 4.83. The van der Waals surface area contributed by atoms with Gasteiger partial charge in [-0.05, 0) is 48.7 Å². The van der Waals surface area contributed by atoms with Crippen molar-refractivity contribution in [2.45, 2.75) is 6.92 Å². The lowest BCUT2D eigenvalue weighted by molar-refractivity contribution is 0.122. The summed E-state index contributed by atoms with van der Waals surface area (Å²) in [6.07, 6.45) is 1.77. The van der Waals surface area contributed by atoms with Crippen LogP contribution in [0.1, 0.15) is 5.69 Å². The first-order valence-electron chi connectivity index (χ1n) is 9.08. The van der Waals surface area contributed by atoms with Gasteiger partial charge in [-0.1, -0.05) is 0 Å². The number of aromatic amines is 1. The molecule has 136 valence electrons. The van der Waals surface area contributed by atoms with E-state index in [2.05, 4.69) is 49.7 Å². The summed E-state index contributed by atoms with van der Waals surface area (Å²) in [5, 5.41) is 13.0. The number of hydrogen-bond acceptors (Lipinski definition) is 6. The zero-order valence-electron chi connectivity index (χ0n) is 15.1. The number of pyridine rings is 2. The summed E-state index contributed by atoms with van der Waals surface area (Å²) >= 11 is 0. The molecule has 0 amide bonds. The van der Waals surface area contributed by atoms with Gasteiger partial charge in [0.1, 0.15) is 11.3 Å². The molecular formula is C20H20N6O. The number of fused-ring (bicyclic) bond motifs is 2. The third kappa shape index (κ3) is 2.96. The topological polar surface area (TPSA) is 79.0 Å². The smallest absolute Gasteiger partial charge is 0.178 e. The fourth-order valence-corrected chi connectivity index (χ4v) is 3.54. The second-order valence-electron chi connectivity index (χ2n) is 6.72. The first-order chi connectivity index (χ1) is 13.3. The number of benzene rings is 1. The predicted molar refractivity (Wildman–Crippen MR) is 107 cm³/mol. The Morgan fingerprint density at radius 1 is 1.15 bits per heavy atom. The number of nitrogens with one attached hydrogen (secondary N) is 2. The number of nitrogens with zero attached hydrogens (tertiary/aromatic N) is 4. The van der Waals surface area contributed by atoms with Crippen LogP contribution in [0.15, 0.2) is 42.6 Å². The van der Waals surface area contributed by atoms with Crippen LogP contribution < -0.4 is 10.2 Å². The lowest BCUT2D eigenvalue weighted by Gasteiger charge is -2.29. The zero-order valence-corrected chi connectivity index (χ0v) is 15.1. The lowest BCUT2D eigenvalue weighted by atomic mass is 10.1. The average Bonchev–Trinajstić information content (AvgIpc) is 3.11. The maximum absolute atomic E-state index is 5.48. The summed E-state index contributed by atoms with van der Waals surface area (Å²) in [6, 6.07) is 12.3. The number of anilines is 3. The first-order valence-corrected chi connectivity index (χ1v) is 9.08. The molecule has 7 nitrogen and oxygen atoms in total. The Morgan fingerprint density at radius 2 is 2.04 bits per heavy atom. The molecule has 27 heavy (non-hydrogen) atoms. The van der Waals surface area contributed by atoms with E-state index < -0.39 is 0 Å². The van der Waals surface area contributed by atoms with Crippen LogP contribution in [0.25, 0.3) is 21.8 Å². The van der Waals surface area contributed by atoms with Crippen molar-refractivity contribution in [3.05, 3.63) is 48.3 Å². The second kappa shape index (κ2) is 6.51. The highest BCUT2D eigenvalue weighted by Crippen LogP contribution is 2.30. The maximum atomic E-state index is 5.48. The number of rotatable bonds is 3. The minimum atomic E-state index is 0.726. The Kier molecular flexibility index (Phi) is 3.86. The molecule has 7 heteroatoms. The van der Waals surface area contributed by atoms with E-state index >= 15 is 0 Å². The van der Waals surface area contributed by atoms with Gasteiger partial charge in [0.15, 0.2) is 5.82 Å². The Hall–Kier alpha value is -3.19. The molecule has 1 aliphatic heterocycles. The van der Waals surface area contributed by atoms with E-state index in [1.54, 1.807) is 6.20 Å². The van der Waals surface area contributed by atoms with Gasteiger partial charge < -0.3 is 15.0 Å². The van der Waals surface area contributed by atoms with Crippen molar-refractivity contribution in [3.63, 3.8) is 0 Å². The van der Waals surface area contributed by atoms with Gasteiger partial charge >= 0.3 is 0 Å². The van der Waals surface area contributed by atoms with Crippen molar-refractivity contribution in [1.82, 2.24) is 20.2 Å². The highest BCUT2D eigenvalue weighted by molar-refractivity contribution is 5.96. The molecule has 0 bridgehead atoms. The number of H-pyrrole nitrogens is 1. The molecule has 2 N–H and O–H groups in total. The van der Waals surface area contributed by atoms with Crippen molar-refractivity contribution in [2.24, 2.45) is 0 Å². The van der Waals surface area contributed by atoms with Gasteiger partial charge in [0.05, 0.1) is 18.7 Å². The highest BCUT2D eigenvalue weighted by Gasteiger charge is 2.16. The van der Waals surface area contributed by atoms with Gasteiger partial charge in [0.2, 0.25) is 0 Å². The summed E-state index contributed by atoms with van der Waals surface area (Å²) < 4.78 is 5.48. The van der Waals surface area contributed by atoms with Crippen LogP contribution in [0.3, 0.4) is 0 Å². The van der Waals surface area contributed by atoms with Crippen LogP contribution in [-0.4, -0.2) is 46.5 Å². The van der Waals surface area contributed by atoms with Gasteiger partial charge in [-0.25, -0.2) is 4.98 Å². The summed E-state index contributed by atoms with van der Waals surface area (Å²) in [6.45, 7) is 5.27. The molecule has 1 aliphatic rings. The molecule has 0 unspecified atom stereocenters. The lowest BCUT2D eigenvalue weighted by Crippen LogP contribution is -2.37. The summed E-state index contributed by atoms with van der Waals surface area (Å²) in [4.78, 5) is 11.5. The van der Waals surface area contributed by atoms with Gasteiger partial charge in [0, 0.05) is 36.1 Å². The molecule has 1 saturated heterocycles. The van der Waals surface area contributed by atoms with Crippen LogP contribution in [-0.2, 0) is 4.74 Å². The molecule has 1 fully saturated rings. The molecule has 4 heterocycles. The molecular weight excluding hydrogens is 340 g/mol. The Morgan fingerprint density at radius 3 is 2.93 bits per heavy atom. The number of aromatic nitrogens is 4. The second-order valence-corrected chi connectivity index (χ2v) is 6.72. The van der Waals surface area contributed by atoms with E-state index in [4.69, 9.17) is 9.72 Å². The summed E-state index contributed by atoms with van der Waals surface area (Å²) in [5.41, 5.74) is 3.72. The van der Waals surface area contributed by atoms with Crippen LogP contribution >= 0.6 is 0 Å². The average molecular weight is 360 g/mol.